The van der Waals surface area contributed by atoms with E-state index < -0.39 is 5.60 Å². The summed E-state index contributed by atoms with van der Waals surface area (Å²) in [5, 5.41) is 22.8. The van der Waals surface area contributed by atoms with Crippen LogP contribution >= 0.6 is 11.3 Å². The number of aliphatic hydroxyl groups is 1. The summed E-state index contributed by atoms with van der Waals surface area (Å²) in [6.07, 6.45) is 4.58. The topological polar surface area (TPSA) is 76.4 Å². The third-order valence-electron chi connectivity index (χ3n) is 3.91. The lowest BCUT2D eigenvalue weighted by Gasteiger charge is -2.25. The molecule has 0 atom stereocenters. The Kier molecular flexibility index (Phi) is 5.79. The summed E-state index contributed by atoms with van der Waals surface area (Å²) in [5.74, 6) is -0.0808. The molecule has 23 heavy (non-hydrogen) atoms. The van der Waals surface area contributed by atoms with E-state index in [0.717, 1.165) is 31.2 Å². The molecule has 0 saturated heterocycles. The first-order chi connectivity index (χ1) is 10.8. The number of hydrogen-bond donors (Lipinski definition) is 2. The van der Waals surface area contributed by atoms with Gasteiger partial charge in [0, 0.05) is 24.4 Å². The maximum atomic E-state index is 12.2. The van der Waals surface area contributed by atoms with Crippen molar-refractivity contribution >= 4 is 22.2 Å². The molecule has 0 saturated carbocycles. The number of carbonyl (C=O) groups is 1. The number of likely N-dealkylation sites (N-methyl/N-ethyl adjacent to an activating group) is 1. The molecule has 0 radical (unpaired) electrons. The van der Waals surface area contributed by atoms with Gasteiger partial charge in [0.05, 0.1) is 11.2 Å². The van der Waals surface area contributed by atoms with Gasteiger partial charge >= 0.3 is 0 Å². The minimum atomic E-state index is -0.772. The van der Waals surface area contributed by atoms with Gasteiger partial charge in [0.25, 0.3) is 0 Å². The molecule has 126 valence electrons. The van der Waals surface area contributed by atoms with Crippen LogP contribution in [0.25, 0.3) is 0 Å². The van der Waals surface area contributed by atoms with Crippen molar-refractivity contribution in [1.29, 1.82) is 5.26 Å². The first-order valence-corrected chi connectivity index (χ1v) is 8.87. The predicted octanol–water partition coefficient (Wildman–Crippen LogP) is 2.53. The van der Waals surface area contributed by atoms with E-state index in [1.165, 1.54) is 4.88 Å². The van der Waals surface area contributed by atoms with Gasteiger partial charge in [0.1, 0.15) is 11.1 Å². The molecular formula is C17H25N3O2S. The van der Waals surface area contributed by atoms with Crippen LogP contribution in [0.3, 0.4) is 0 Å². The molecule has 1 aromatic heterocycles. The van der Waals surface area contributed by atoms with Crippen molar-refractivity contribution in [1.82, 2.24) is 4.90 Å². The summed E-state index contributed by atoms with van der Waals surface area (Å²) in [6.45, 7) is 4.58. The third-order valence-corrected chi connectivity index (χ3v) is 5.12. The second-order valence-electron chi connectivity index (χ2n) is 6.88. The zero-order valence-electron chi connectivity index (χ0n) is 14.1. The quantitative estimate of drug-likeness (QED) is 0.837. The summed E-state index contributed by atoms with van der Waals surface area (Å²) in [6, 6.07) is 2.26. The van der Waals surface area contributed by atoms with Crippen LogP contribution in [0.1, 0.15) is 49.1 Å². The van der Waals surface area contributed by atoms with Crippen LogP contribution < -0.4 is 5.32 Å². The fraction of sp³-hybridized carbons (Fsp3) is 0.647. The number of nitrogens with zero attached hydrogens (tertiary/aromatic N) is 2. The number of anilines is 1. The molecule has 0 aromatic carbocycles. The third kappa shape index (κ3) is 5.03. The van der Waals surface area contributed by atoms with Crippen molar-refractivity contribution in [2.45, 2.75) is 51.6 Å². The molecule has 0 spiro atoms. The molecular weight excluding hydrogens is 310 g/mol. The van der Waals surface area contributed by atoms with E-state index in [4.69, 9.17) is 0 Å². The Morgan fingerprint density at radius 2 is 2.13 bits per heavy atom. The van der Waals surface area contributed by atoms with Crippen molar-refractivity contribution in [2.24, 2.45) is 0 Å². The fourth-order valence-corrected chi connectivity index (χ4v) is 4.25. The van der Waals surface area contributed by atoms with Gasteiger partial charge in [0.2, 0.25) is 5.91 Å². The Hall–Kier alpha value is -1.42. The largest absolute Gasteiger partial charge is 0.389 e. The molecule has 0 bridgehead atoms. The number of thiophene rings is 1. The second-order valence-corrected chi connectivity index (χ2v) is 7.98. The van der Waals surface area contributed by atoms with Crippen LogP contribution in [0.2, 0.25) is 0 Å². The summed E-state index contributed by atoms with van der Waals surface area (Å²) in [4.78, 5) is 15.3. The molecule has 1 aromatic rings. The fourth-order valence-electron chi connectivity index (χ4n) is 2.99. The minimum absolute atomic E-state index is 0.0808. The highest BCUT2D eigenvalue weighted by Gasteiger charge is 2.22. The standard InChI is InChI=1S/C17H25N3O2S/c1-17(2,22)11-20(3)9-8-15(21)19-16-13(10-18)12-6-4-5-7-14(12)23-16/h22H,4-9,11H2,1-3H3,(H,19,21). The Balaban J connectivity index is 1.93. The van der Waals surface area contributed by atoms with Crippen LogP contribution in [0, 0.1) is 11.3 Å². The molecule has 1 heterocycles. The van der Waals surface area contributed by atoms with E-state index in [-0.39, 0.29) is 5.91 Å². The first kappa shape index (κ1) is 17.9. The lowest BCUT2D eigenvalue weighted by atomic mass is 9.96. The normalized spacial score (nSPS) is 14.4. The molecule has 0 aliphatic heterocycles. The van der Waals surface area contributed by atoms with Gasteiger partial charge in [0.15, 0.2) is 0 Å². The first-order valence-electron chi connectivity index (χ1n) is 8.05. The molecule has 0 fully saturated rings. The number of hydrogen-bond acceptors (Lipinski definition) is 5. The Morgan fingerprint density at radius 3 is 2.78 bits per heavy atom. The van der Waals surface area contributed by atoms with Crippen molar-refractivity contribution in [3.8, 4) is 6.07 Å². The highest BCUT2D eigenvalue weighted by molar-refractivity contribution is 7.16. The van der Waals surface area contributed by atoms with Gasteiger partial charge in [-0.15, -0.1) is 11.3 Å². The number of aryl methyl sites for hydroxylation is 1. The average molecular weight is 335 g/mol. The highest BCUT2D eigenvalue weighted by atomic mass is 32.1. The molecule has 6 heteroatoms. The van der Waals surface area contributed by atoms with Crippen LogP contribution in [-0.2, 0) is 17.6 Å². The predicted molar refractivity (Wildman–Crippen MR) is 92.7 cm³/mol. The zero-order chi connectivity index (χ0) is 17.0. The smallest absolute Gasteiger partial charge is 0.226 e. The van der Waals surface area contributed by atoms with Crippen molar-refractivity contribution in [3.05, 3.63) is 16.0 Å². The highest BCUT2D eigenvalue weighted by Crippen LogP contribution is 2.37. The van der Waals surface area contributed by atoms with Gasteiger partial charge in [-0.25, -0.2) is 0 Å². The Labute approximate surface area is 141 Å². The second kappa shape index (κ2) is 7.43. The van der Waals surface area contributed by atoms with Gasteiger partial charge in [-0.1, -0.05) is 0 Å². The van der Waals surface area contributed by atoms with Crippen molar-refractivity contribution in [3.63, 3.8) is 0 Å². The Morgan fingerprint density at radius 1 is 1.43 bits per heavy atom. The summed E-state index contributed by atoms with van der Waals surface area (Å²) < 4.78 is 0. The van der Waals surface area contributed by atoms with Crippen LogP contribution in [0.4, 0.5) is 5.00 Å². The van der Waals surface area contributed by atoms with Gasteiger partial charge in [-0.05, 0) is 52.1 Å². The Bertz CT molecular complexity index is 611. The van der Waals surface area contributed by atoms with Crippen LogP contribution in [-0.4, -0.2) is 41.7 Å². The van der Waals surface area contributed by atoms with Crippen LogP contribution in [0.5, 0.6) is 0 Å². The van der Waals surface area contributed by atoms with E-state index >= 15 is 0 Å². The van der Waals surface area contributed by atoms with E-state index in [1.807, 2.05) is 11.9 Å². The molecule has 2 rings (SSSR count). The number of rotatable bonds is 6. The lowest BCUT2D eigenvalue weighted by Crippen LogP contribution is -2.37. The summed E-state index contributed by atoms with van der Waals surface area (Å²) >= 11 is 1.55. The molecule has 1 aliphatic carbocycles. The monoisotopic (exact) mass is 335 g/mol. The number of fused-ring (bicyclic) bond motifs is 1. The molecule has 2 N–H and O–H groups in total. The zero-order valence-corrected chi connectivity index (χ0v) is 14.9. The average Bonchev–Trinajstić information content (AvgIpc) is 2.80. The van der Waals surface area contributed by atoms with E-state index in [2.05, 4.69) is 11.4 Å². The van der Waals surface area contributed by atoms with Gasteiger partial charge < -0.3 is 15.3 Å². The number of nitrogens with one attached hydrogen (secondary N) is 1. The minimum Gasteiger partial charge on any atom is -0.389 e. The van der Waals surface area contributed by atoms with Crippen LogP contribution in [0.15, 0.2) is 0 Å². The van der Waals surface area contributed by atoms with E-state index in [0.29, 0.717) is 30.1 Å². The number of carbonyl (C=O) groups excluding carboxylic acids is 1. The molecule has 5 nitrogen and oxygen atoms in total. The van der Waals surface area contributed by atoms with Gasteiger partial charge in [-0.2, -0.15) is 5.26 Å². The molecule has 0 unspecified atom stereocenters. The summed E-state index contributed by atoms with van der Waals surface area (Å²) in [7, 11) is 1.88. The SMILES string of the molecule is CN(CCC(=O)Nc1sc2c(c1C#N)CCCC2)CC(C)(C)O. The lowest BCUT2D eigenvalue weighted by molar-refractivity contribution is -0.116. The number of amides is 1. The molecule has 1 aliphatic rings. The maximum absolute atomic E-state index is 12.2. The van der Waals surface area contributed by atoms with Crippen molar-refractivity contribution in [2.75, 3.05) is 25.5 Å². The maximum Gasteiger partial charge on any atom is 0.226 e. The summed E-state index contributed by atoms with van der Waals surface area (Å²) in [5.41, 5.74) is 1.02. The van der Waals surface area contributed by atoms with E-state index in [9.17, 15) is 15.2 Å². The van der Waals surface area contributed by atoms with Crippen molar-refractivity contribution < 1.29 is 9.90 Å². The molecule has 1 amide bonds. The van der Waals surface area contributed by atoms with E-state index in [1.54, 1.807) is 25.2 Å². The number of nitriles is 1. The van der Waals surface area contributed by atoms with Gasteiger partial charge in [-0.3, -0.25) is 4.79 Å².